The summed E-state index contributed by atoms with van der Waals surface area (Å²) in [5.74, 6) is 1.52. The Morgan fingerprint density at radius 1 is 0.525 bits per heavy atom. The van der Waals surface area contributed by atoms with Gasteiger partial charge in [0.05, 0.1) is 11.4 Å². The topological polar surface area (TPSA) is 68.6 Å². The highest BCUT2D eigenvalue weighted by Crippen LogP contribution is 2.48. The highest BCUT2D eigenvalue weighted by molar-refractivity contribution is 7.22. The SMILES string of the molecule is Oc1c(C2=N/C(=C(/c3ccccc3)c3ccc(-c4cc(C5CCCCC5)cc(-c5cc6ccccc6s5)c4O)[nH]3)C=C2)cc(C2CCCCC2)cc1-c1cc2ccccc2s1. The maximum absolute atomic E-state index is 12.2. The highest BCUT2D eigenvalue weighted by atomic mass is 32.1. The van der Waals surface area contributed by atoms with E-state index < -0.39 is 0 Å². The summed E-state index contributed by atoms with van der Waals surface area (Å²) in [5, 5.41) is 26.8. The first-order chi connectivity index (χ1) is 30.0. The molecule has 6 heteroatoms. The van der Waals surface area contributed by atoms with Crippen LogP contribution in [-0.4, -0.2) is 20.9 Å². The number of nitrogens with zero attached hydrogens (tertiary/aromatic N) is 1. The van der Waals surface area contributed by atoms with Gasteiger partial charge < -0.3 is 15.2 Å². The van der Waals surface area contributed by atoms with Crippen LogP contribution in [-0.2, 0) is 0 Å². The van der Waals surface area contributed by atoms with Gasteiger partial charge in [-0.1, -0.05) is 105 Å². The van der Waals surface area contributed by atoms with Crippen LogP contribution in [0.2, 0.25) is 0 Å². The first kappa shape index (κ1) is 38.0. The molecule has 3 N–H and O–H groups in total. The maximum atomic E-state index is 12.2. The third-order valence-corrected chi connectivity index (χ3v) is 15.6. The minimum Gasteiger partial charge on any atom is -0.507 e. The number of fused-ring (bicyclic) bond motifs is 2. The summed E-state index contributed by atoms with van der Waals surface area (Å²) >= 11 is 3.47. The molecule has 4 heterocycles. The summed E-state index contributed by atoms with van der Waals surface area (Å²) in [4.78, 5) is 11.3. The molecule has 302 valence electrons. The van der Waals surface area contributed by atoms with Gasteiger partial charge in [0.1, 0.15) is 11.5 Å². The molecule has 3 aromatic heterocycles. The second kappa shape index (κ2) is 16.2. The van der Waals surface area contributed by atoms with Gasteiger partial charge in [-0.3, -0.25) is 0 Å². The standard InChI is InChI=1S/C55H48N2O2S2/c58-54-41(28-39(34-14-4-1-5-15-34)30-43(54)51-32-37-20-10-12-22-49(37)60-51)45-24-26-47(56-45)53(36-18-8-3-9-19-36)48-27-25-46(57-48)42-29-40(35-16-6-2-7-17-35)31-44(55(42)59)52-33-38-21-11-13-23-50(38)61-52/h3,8-13,18-35,56,58-59H,1-2,4-7,14-17H2/b53-48-. The monoisotopic (exact) mass is 832 g/mol. The Bertz CT molecular complexity index is 2950. The number of thiophene rings is 2. The van der Waals surface area contributed by atoms with Crippen LogP contribution in [0.15, 0.2) is 150 Å². The Kier molecular flexibility index (Phi) is 10.1. The van der Waals surface area contributed by atoms with Crippen molar-refractivity contribution in [3.05, 3.63) is 173 Å². The van der Waals surface area contributed by atoms with Crippen molar-refractivity contribution in [3.63, 3.8) is 0 Å². The molecule has 11 rings (SSSR count). The summed E-state index contributed by atoms with van der Waals surface area (Å²) in [6.07, 6.45) is 16.4. The van der Waals surface area contributed by atoms with E-state index in [1.54, 1.807) is 22.7 Å². The van der Waals surface area contributed by atoms with Crippen molar-refractivity contribution in [1.29, 1.82) is 0 Å². The van der Waals surface area contributed by atoms with Gasteiger partial charge in [-0.05, 0) is 138 Å². The van der Waals surface area contributed by atoms with E-state index >= 15 is 0 Å². The number of allylic oxidation sites excluding steroid dienone is 2. The van der Waals surface area contributed by atoms with Gasteiger partial charge >= 0.3 is 0 Å². The molecule has 2 fully saturated rings. The first-order valence-electron chi connectivity index (χ1n) is 22.0. The number of rotatable bonds is 8. The van der Waals surface area contributed by atoms with Gasteiger partial charge in [-0.25, -0.2) is 4.99 Å². The van der Waals surface area contributed by atoms with E-state index in [0.29, 0.717) is 17.6 Å². The van der Waals surface area contributed by atoms with Crippen LogP contribution in [0.5, 0.6) is 11.5 Å². The summed E-state index contributed by atoms with van der Waals surface area (Å²) in [7, 11) is 0. The zero-order valence-corrected chi connectivity index (χ0v) is 35.8. The number of H-pyrrole nitrogens is 1. The minimum atomic E-state index is 0.280. The molecule has 5 aromatic carbocycles. The van der Waals surface area contributed by atoms with E-state index in [9.17, 15) is 10.2 Å². The number of aromatic hydroxyl groups is 2. The van der Waals surface area contributed by atoms with Crippen molar-refractivity contribution in [2.45, 2.75) is 76.0 Å². The molecular formula is C55H48N2O2S2. The molecular weight excluding hydrogens is 785 g/mol. The van der Waals surface area contributed by atoms with Crippen LogP contribution in [0, 0.1) is 0 Å². The van der Waals surface area contributed by atoms with E-state index in [2.05, 4.69) is 138 Å². The van der Waals surface area contributed by atoms with Gasteiger partial charge in [0.25, 0.3) is 0 Å². The lowest BCUT2D eigenvalue weighted by Crippen LogP contribution is -2.07. The minimum absolute atomic E-state index is 0.280. The van der Waals surface area contributed by atoms with E-state index in [1.807, 2.05) is 6.07 Å². The normalized spacial score (nSPS) is 17.1. The average Bonchev–Trinajstić information content (AvgIpc) is 4.15. The lowest BCUT2D eigenvalue weighted by atomic mass is 9.82. The molecule has 2 aliphatic carbocycles. The van der Waals surface area contributed by atoms with Crippen molar-refractivity contribution < 1.29 is 10.2 Å². The second-order valence-corrected chi connectivity index (χ2v) is 19.3. The molecule has 0 spiro atoms. The number of phenolic OH excluding ortho intramolecular Hbond substituents is 2. The smallest absolute Gasteiger partial charge is 0.133 e. The van der Waals surface area contributed by atoms with Crippen LogP contribution >= 0.6 is 22.7 Å². The van der Waals surface area contributed by atoms with Crippen molar-refractivity contribution in [1.82, 2.24) is 4.98 Å². The van der Waals surface area contributed by atoms with Crippen LogP contribution in [0.4, 0.5) is 0 Å². The molecule has 0 bridgehead atoms. The fraction of sp³-hybridized carbons (Fsp3) is 0.218. The Morgan fingerprint density at radius 2 is 1.05 bits per heavy atom. The number of benzene rings is 5. The third kappa shape index (κ3) is 7.26. The van der Waals surface area contributed by atoms with E-state index in [4.69, 9.17) is 4.99 Å². The summed E-state index contributed by atoms with van der Waals surface area (Å²) in [5.41, 5.74) is 11.4. The predicted molar refractivity (Wildman–Crippen MR) is 257 cm³/mol. The van der Waals surface area contributed by atoms with Crippen molar-refractivity contribution >= 4 is 54.1 Å². The van der Waals surface area contributed by atoms with Gasteiger partial charge in [-0.15, -0.1) is 22.7 Å². The molecule has 0 amide bonds. The van der Waals surface area contributed by atoms with Crippen molar-refractivity contribution in [3.8, 4) is 43.6 Å². The zero-order valence-electron chi connectivity index (χ0n) is 34.2. The lowest BCUT2D eigenvalue weighted by molar-refractivity contribution is 0.442. The van der Waals surface area contributed by atoms with Crippen LogP contribution in [0.3, 0.4) is 0 Å². The number of aliphatic imine (C=N–C) groups is 1. The van der Waals surface area contributed by atoms with Crippen LogP contribution in [0.1, 0.15) is 104 Å². The largest absolute Gasteiger partial charge is 0.507 e. The molecule has 3 aliphatic rings. The Hall–Kier alpha value is -5.95. The van der Waals surface area contributed by atoms with Gasteiger partial charge in [0.2, 0.25) is 0 Å². The molecule has 8 aromatic rings. The molecule has 0 saturated heterocycles. The molecule has 0 radical (unpaired) electrons. The van der Waals surface area contributed by atoms with Crippen molar-refractivity contribution in [2.24, 2.45) is 4.99 Å². The van der Waals surface area contributed by atoms with Crippen LogP contribution in [0.25, 0.3) is 57.9 Å². The van der Waals surface area contributed by atoms with Gasteiger partial charge in [0, 0.05) is 58.4 Å². The third-order valence-electron chi connectivity index (χ3n) is 13.3. The zero-order chi connectivity index (χ0) is 40.9. The Balaban J connectivity index is 1.03. The fourth-order valence-corrected chi connectivity index (χ4v) is 12.2. The molecule has 2 saturated carbocycles. The molecule has 0 unspecified atom stereocenters. The number of hydrogen-bond acceptors (Lipinski definition) is 5. The predicted octanol–water partition coefficient (Wildman–Crippen LogP) is 15.8. The fourth-order valence-electron chi connectivity index (χ4n) is 10.1. The van der Waals surface area contributed by atoms with Crippen LogP contribution < -0.4 is 0 Å². The first-order valence-corrected chi connectivity index (χ1v) is 23.7. The quantitative estimate of drug-likeness (QED) is 0.143. The van der Waals surface area contributed by atoms with E-state index in [0.717, 1.165) is 65.9 Å². The number of phenols is 2. The molecule has 1 aliphatic heterocycles. The summed E-state index contributed by atoms with van der Waals surface area (Å²) in [6, 6.07) is 45.0. The summed E-state index contributed by atoms with van der Waals surface area (Å²) < 4.78 is 2.44. The van der Waals surface area contributed by atoms with E-state index in [-0.39, 0.29) is 5.75 Å². The lowest BCUT2D eigenvalue weighted by Gasteiger charge is -2.24. The summed E-state index contributed by atoms with van der Waals surface area (Å²) in [6.45, 7) is 0. The van der Waals surface area contributed by atoms with Gasteiger partial charge in [0.15, 0.2) is 0 Å². The second-order valence-electron chi connectivity index (χ2n) is 17.1. The van der Waals surface area contributed by atoms with E-state index in [1.165, 1.54) is 95.5 Å². The number of aromatic nitrogens is 1. The average molecular weight is 833 g/mol. The number of hydrogen-bond donors (Lipinski definition) is 3. The number of nitrogens with one attached hydrogen (secondary N) is 1. The molecule has 4 nitrogen and oxygen atoms in total. The van der Waals surface area contributed by atoms with Crippen molar-refractivity contribution in [2.75, 3.05) is 0 Å². The maximum Gasteiger partial charge on any atom is 0.133 e. The highest BCUT2D eigenvalue weighted by Gasteiger charge is 2.26. The Morgan fingerprint density at radius 3 is 1.64 bits per heavy atom. The number of aromatic amines is 1. The molecule has 61 heavy (non-hydrogen) atoms. The Labute approximate surface area is 365 Å². The van der Waals surface area contributed by atoms with Gasteiger partial charge in [-0.2, -0.15) is 0 Å². The molecule has 0 atom stereocenters.